The summed E-state index contributed by atoms with van der Waals surface area (Å²) in [6, 6.07) is 3.96. The molecule has 21 heavy (non-hydrogen) atoms. The Balaban J connectivity index is 3.15. The third-order valence-corrected chi connectivity index (χ3v) is 3.61. The van der Waals surface area contributed by atoms with Crippen molar-refractivity contribution in [1.29, 1.82) is 0 Å². The summed E-state index contributed by atoms with van der Waals surface area (Å²) in [4.78, 5) is 20.8. The molecular weight excluding hydrogens is 274 g/mol. The van der Waals surface area contributed by atoms with Crippen molar-refractivity contribution >= 4 is 11.4 Å². The maximum absolute atomic E-state index is 11.2. The lowest BCUT2D eigenvalue weighted by atomic mass is 9.90. The van der Waals surface area contributed by atoms with Crippen molar-refractivity contribution in [3.8, 4) is 0 Å². The van der Waals surface area contributed by atoms with Gasteiger partial charge in [-0.15, -0.1) is 0 Å². The van der Waals surface area contributed by atoms with Gasteiger partial charge < -0.3 is 5.32 Å². The topological polar surface area (TPSA) is 98.3 Å². The van der Waals surface area contributed by atoms with Crippen LogP contribution in [-0.4, -0.2) is 22.4 Å². The van der Waals surface area contributed by atoms with E-state index in [1.54, 1.807) is 0 Å². The molecule has 0 aliphatic carbocycles. The summed E-state index contributed by atoms with van der Waals surface area (Å²) in [7, 11) is 0. The molecular formula is C14H21N3O4. The van der Waals surface area contributed by atoms with Gasteiger partial charge in [0.25, 0.3) is 11.4 Å². The van der Waals surface area contributed by atoms with Gasteiger partial charge in [-0.1, -0.05) is 20.8 Å². The van der Waals surface area contributed by atoms with E-state index in [1.807, 2.05) is 13.8 Å². The van der Waals surface area contributed by atoms with Crippen LogP contribution in [0.25, 0.3) is 0 Å². The van der Waals surface area contributed by atoms with Gasteiger partial charge in [0.05, 0.1) is 15.9 Å². The standard InChI is InChI=1S/C14H21N3O4/c1-4-8-15-13(5-2)10(3)12-7-6-11(16(18)19)9-14(12)17(20)21/h6-7,9-10,13,15H,4-5,8H2,1-3H3. The van der Waals surface area contributed by atoms with E-state index in [2.05, 4.69) is 12.2 Å². The van der Waals surface area contributed by atoms with Crippen molar-refractivity contribution in [1.82, 2.24) is 5.32 Å². The van der Waals surface area contributed by atoms with Crippen LogP contribution >= 0.6 is 0 Å². The van der Waals surface area contributed by atoms with Crippen molar-refractivity contribution in [3.63, 3.8) is 0 Å². The molecule has 0 spiro atoms. The van der Waals surface area contributed by atoms with Gasteiger partial charge in [-0.05, 0) is 25.5 Å². The van der Waals surface area contributed by atoms with Crippen LogP contribution in [0.15, 0.2) is 18.2 Å². The molecule has 0 fully saturated rings. The number of nitrogens with one attached hydrogen (secondary N) is 1. The molecule has 116 valence electrons. The Hall–Kier alpha value is -2.02. The van der Waals surface area contributed by atoms with Gasteiger partial charge in [0.2, 0.25) is 0 Å². The molecule has 0 saturated heterocycles. The minimum absolute atomic E-state index is 0.0947. The summed E-state index contributed by atoms with van der Waals surface area (Å²) < 4.78 is 0. The summed E-state index contributed by atoms with van der Waals surface area (Å²) >= 11 is 0. The van der Waals surface area contributed by atoms with Crippen LogP contribution < -0.4 is 5.32 Å². The van der Waals surface area contributed by atoms with Crippen molar-refractivity contribution in [2.45, 2.75) is 45.6 Å². The molecule has 0 aromatic heterocycles. The fourth-order valence-corrected chi connectivity index (χ4v) is 2.41. The summed E-state index contributed by atoms with van der Waals surface area (Å²) in [6.07, 6.45) is 1.81. The zero-order chi connectivity index (χ0) is 16.0. The van der Waals surface area contributed by atoms with E-state index < -0.39 is 9.85 Å². The molecule has 1 aromatic carbocycles. The van der Waals surface area contributed by atoms with E-state index in [-0.39, 0.29) is 23.3 Å². The summed E-state index contributed by atoms with van der Waals surface area (Å²) in [5.41, 5.74) is 0.0849. The summed E-state index contributed by atoms with van der Waals surface area (Å²) in [6.45, 7) is 6.81. The molecule has 7 nitrogen and oxygen atoms in total. The van der Waals surface area contributed by atoms with Crippen molar-refractivity contribution in [2.75, 3.05) is 6.54 Å². The fraction of sp³-hybridized carbons (Fsp3) is 0.571. The van der Waals surface area contributed by atoms with E-state index in [4.69, 9.17) is 0 Å². The molecule has 0 bridgehead atoms. The maximum Gasteiger partial charge on any atom is 0.279 e. The summed E-state index contributed by atoms with van der Waals surface area (Å²) in [5, 5.41) is 25.3. The van der Waals surface area contributed by atoms with Crippen molar-refractivity contribution in [3.05, 3.63) is 44.0 Å². The minimum atomic E-state index is -0.617. The average Bonchev–Trinajstić information content (AvgIpc) is 2.46. The molecule has 2 atom stereocenters. The highest BCUT2D eigenvalue weighted by atomic mass is 16.6. The maximum atomic E-state index is 11.2. The number of nitro groups is 2. The first-order chi connectivity index (χ1) is 9.92. The van der Waals surface area contributed by atoms with E-state index >= 15 is 0 Å². The number of rotatable bonds is 8. The van der Waals surface area contributed by atoms with Crippen LogP contribution in [-0.2, 0) is 0 Å². The highest BCUT2D eigenvalue weighted by molar-refractivity contribution is 5.50. The first-order valence-electron chi connectivity index (χ1n) is 7.08. The second-order valence-corrected chi connectivity index (χ2v) is 5.01. The zero-order valence-corrected chi connectivity index (χ0v) is 12.5. The first-order valence-corrected chi connectivity index (χ1v) is 7.08. The van der Waals surface area contributed by atoms with E-state index in [1.165, 1.54) is 12.1 Å². The predicted molar refractivity (Wildman–Crippen MR) is 80.5 cm³/mol. The molecule has 0 heterocycles. The van der Waals surface area contributed by atoms with E-state index in [0.29, 0.717) is 5.56 Å². The third kappa shape index (κ3) is 4.22. The molecule has 0 aliphatic rings. The van der Waals surface area contributed by atoms with Gasteiger partial charge >= 0.3 is 0 Å². The highest BCUT2D eigenvalue weighted by Crippen LogP contribution is 2.32. The number of nitrogens with zero attached hydrogens (tertiary/aromatic N) is 2. The Kier molecular flexibility index (Phi) is 6.23. The Morgan fingerprint density at radius 2 is 1.86 bits per heavy atom. The first kappa shape index (κ1) is 17.0. The number of nitro benzene ring substituents is 2. The van der Waals surface area contributed by atoms with Crippen LogP contribution in [0.2, 0.25) is 0 Å². The molecule has 1 rings (SSSR count). The Morgan fingerprint density at radius 1 is 1.19 bits per heavy atom. The molecule has 0 saturated carbocycles. The number of benzene rings is 1. The highest BCUT2D eigenvalue weighted by Gasteiger charge is 2.26. The molecule has 0 amide bonds. The number of hydrogen-bond acceptors (Lipinski definition) is 5. The lowest BCUT2D eigenvalue weighted by molar-refractivity contribution is -0.394. The van der Waals surface area contributed by atoms with Crippen LogP contribution in [0.5, 0.6) is 0 Å². The Bertz CT molecular complexity index is 519. The molecule has 1 aromatic rings. The Morgan fingerprint density at radius 3 is 2.33 bits per heavy atom. The minimum Gasteiger partial charge on any atom is -0.313 e. The lowest BCUT2D eigenvalue weighted by Crippen LogP contribution is -2.34. The van der Waals surface area contributed by atoms with Crippen molar-refractivity contribution < 1.29 is 9.85 Å². The van der Waals surface area contributed by atoms with Crippen LogP contribution in [0.4, 0.5) is 11.4 Å². The fourth-order valence-electron chi connectivity index (χ4n) is 2.41. The van der Waals surface area contributed by atoms with Crippen LogP contribution in [0.3, 0.4) is 0 Å². The second-order valence-electron chi connectivity index (χ2n) is 5.01. The van der Waals surface area contributed by atoms with Gasteiger partial charge in [0.15, 0.2) is 0 Å². The predicted octanol–water partition coefficient (Wildman–Crippen LogP) is 3.38. The average molecular weight is 295 g/mol. The monoisotopic (exact) mass is 295 g/mol. The number of non-ortho nitro benzene ring substituents is 1. The second kappa shape index (κ2) is 7.68. The van der Waals surface area contributed by atoms with Gasteiger partial charge in [-0.25, -0.2) is 0 Å². The van der Waals surface area contributed by atoms with Gasteiger partial charge in [-0.2, -0.15) is 0 Å². The van der Waals surface area contributed by atoms with Crippen LogP contribution in [0, 0.1) is 20.2 Å². The third-order valence-electron chi connectivity index (χ3n) is 3.61. The SMILES string of the molecule is CCCNC(CC)C(C)c1ccc([N+](=O)[O-])cc1[N+](=O)[O-]. The normalized spacial score (nSPS) is 13.7. The Labute approximate surface area is 123 Å². The molecule has 2 unspecified atom stereocenters. The van der Waals surface area contributed by atoms with Gasteiger partial charge in [-0.3, -0.25) is 20.2 Å². The smallest absolute Gasteiger partial charge is 0.279 e. The number of hydrogen-bond donors (Lipinski definition) is 1. The summed E-state index contributed by atoms with van der Waals surface area (Å²) in [5.74, 6) is -0.0947. The lowest BCUT2D eigenvalue weighted by Gasteiger charge is -2.24. The largest absolute Gasteiger partial charge is 0.313 e. The van der Waals surface area contributed by atoms with E-state index in [0.717, 1.165) is 25.5 Å². The molecule has 0 aliphatic heterocycles. The van der Waals surface area contributed by atoms with E-state index in [9.17, 15) is 20.2 Å². The van der Waals surface area contributed by atoms with Crippen LogP contribution in [0.1, 0.15) is 45.1 Å². The molecule has 0 radical (unpaired) electrons. The zero-order valence-electron chi connectivity index (χ0n) is 12.5. The molecule has 1 N–H and O–H groups in total. The van der Waals surface area contributed by atoms with Gasteiger partial charge in [0.1, 0.15) is 0 Å². The van der Waals surface area contributed by atoms with Crippen molar-refractivity contribution in [2.24, 2.45) is 0 Å². The van der Waals surface area contributed by atoms with Gasteiger partial charge in [0, 0.05) is 23.6 Å². The molecule has 7 heteroatoms. The quantitative estimate of drug-likeness (QED) is 0.585.